The lowest BCUT2D eigenvalue weighted by Crippen LogP contribution is -2.48. The molecule has 7 heteroatoms. The van der Waals surface area contributed by atoms with Crippen LogP contribution >= 0.6 is 0 Å². The molecule has 0 unspecified atom stereocenters. The number of carbonyl (C=O) groups excluding carboxylic acids is 1. The fourth-order valence-electron chi connectivity index (χ4n) is 6.89. The Labute approximate surface area is 203 Å². The van der Waals surface area contributed by atoms with Crippen LogP contribution in [0.3, 0.4) is 0 Å². The minimum atomic E-state index is -1.12. The van der Waals surface area contributed by atoms with Crippen molar-refractivity contribution in [2.24, 2.45) is 17.8 Å². The Kier molecular flexibility index (Phi) is 6.09. The van der Waals surface area contributed by atoms with E-state index < -0.39 is 24.6 Å². The normalized spacial score (nSPS) is 26.6. The highest BCUT2D eigenvalue weighted by molar-refractivity contribution is 5.85. The van der Waals surface area contributed by atoms with Crippen LogP contribution in [0.15, 0.2) is 48.5 Å². The highest BCUT2D eigenvalue weighted by Gasteiger charge is 2.52. The van der Waals surface area contributed by atoms with Crippen molar-refractivity contribution < 1.29 is 29.3 Å². The van der Waals surface area contributed by atoms with E-state index in [0.717, 1.165) is 47.6 Å². The van der Waals surface area contributed by atoms with Gasteiger partial charge in [0.2, 0.25) is 0 Å². The number of nitrogens with one attached hydrogen (secondary N) is 1. The molecule has 1 amide bonds. The monoisotopic (exact) mass is 475 g/mol. The summed E-state index contributed by atoms with van der Waals surface area (Å²) >= 11 is 0. The Bertz CT molecular complexity index is 1150. The van der Waals surface area contributed by atoms with Gasteiger partial charge < -0.3 is 20.3 Å². The van der Waals surface area contributed by atoms with Crippen molar-refractivity contribution in [3.63, 3.8) is 0 Å². The summed E-state index contributed by atoms with van der Waals surface area (Å²) in [4.78, 5) is 34.0. The molecule has 0 heterocycles. The van der Waals surface area contributed by atoms with Crippen LogP contribution in [0.1, 0.15) is 49.7 Å². The van der Waals surface area contributed by atoms with E-state index in [0.29, 0.717) is 23.5 Å². The van der Waals surface area contributed by atoms with Crippen LogP contribution in [-0.4, -0.2) is 34.8 Å². The quantitative estimate of drug-likeness (QED) is 0.481. The van der Waals surface area contributed by atoms with Gasteiger partial charge in [0.15, 0.2) is 0 Å². The molecular weight excluding hydrogens is 446 g/mol. The molecule has 0 aromatic heterocycles. The summed E-state index contributed by atoms with van der Waals surface area (Å²) in [5, 5.41) is 20.0. The SMILES string of the molecule is O=C(O)C=Cc1ccc(-c2ccc(OC(=O)NCC(=O)O)c(C34CC5CC(CC(C5)C3)C4)c2)cc1. The molecular formula is C28H29NO6. The van der Waals surface area contributed by atoms with Gasteiger partial charge in [0.05, 0.1) is 0 Å². The van der Waals surface area contributed by atoms with E-state index in [1.165, 1.54) is 19.3 Å². The molecule has 0 saturated heterocycles. The fraction of sp³-hybridized carbons (Fsp3) is 0.393. The number of hydrogen-bond donors (Lipinski definition) is 3. The van der Waals surface area contributed by atoms with E-state index in [-0.39, 0.29) is 5.41 Å². The maximum Gasteiger partial charge on any atom is 0.413 e. The second kappa shape index (κ2) is 9.21. The van der Waals surface area contributed by atoms with Crippen LogP contribution in [-0.2, 0) is 15.0 Å². The van der Waals surface area contributed by atoms with Gasteiger partial charge >= 0.3 is 18.0 Å². The van der Waals surface area contributed by atoms with Crippen molar-refractivity contribution in [1.29, 1.82) is 0 Å². The average molecular weight is 476 g/mol. The number of benzene rings is 2. The van der Waals surface area contributed by atoms with Crippen LogP contribution < -0.4 is 10.1 Å². The van der Waals surface area contributed by atoms with Crippen molar-refractivity contribution in [1.82, 2.24) is 5.32 Å². The van der Waals surface area contributed by atoms with Crippen LogP contribution in [0.5, 0.6) is 5.75 Å². The molecule has 0 aliphatic heterocycles. The summed E-state index contributed by atoms with van der Waals surface area (Å²) in [6.45, 7) is -0.494. The van der Waals surface area contributed by atoms with Crippen LogP contribution in [0, 0.1) is 17.8 Å². The molecule has 4 fully saturated rings. The lowest BCUT2D eigenvalue weighted by atomic mass is 9.48. The first-order valence-corrected chi connectivity index (χ1v) is 12.1. The van der Waals surface area contributed by atoms with Crippen molar-refractivity contribution in [2.75, 3.05) is 6.54 Å². The number of carbonyl (C=O) groups is 3. The molecule has 3 N–H and O–H groups in total. The van der Waals surface area contributed by atoms with Gasteiger partial charge in [0, 0.05) is 11.6 Å². The van der Waals surface area contributed by atoms with Gasteiger partial charge in [-0.1, -0.05) is 30.3 Å². The van der Waals surface area contributed by atoms with E-state index in [9.17, 15) is 14.4 Å². The smallest absolute Gasteiger partial charge is 0.413 e. The molecule has 7 nitrogen and oxygen atoms in total. The van der Waals surface area contributed by atoms with Crippen LogP contribution in [0.4, 0.5) is 4.79 Å². The summed E-state index contributed by atoms with van der Waals surface area (Å²) in [5.74, 6) is 0.508. The minimum Gasteiger partial charge on any atom is -0.480 e. The van der Waals surface area contributed by atoms with Crippen molar-refractivity contribution in [3.05, 3.63) is 59.7 Å². The fourth-order valence-corrected chi connectivity index (χ4v) is 6.89. The van der Waals surface area contributed by atoms with Gasteiger partial charge in [0.1, 0.15) is 12.3 Å². The van der Waals surface area contributed by atoms with E-state index in [1.807, 2.05) is 36.4 Å². The molecule has 4 bridgehead atoms. The topological polar surface area (TPSA) is 113 Å². The van der Waals surface area contributed by atoms with Crippen LogP contribution in [0.25, 0.3) is 17.2 Å². The molecule has 6 rings (SSSR count). The number of rotatable bonds is 7. The Morgan fingerprint density at radius 3 is 2.09 bits per heavy atom. The van der Waals surface area contributed by atoms with Gasteiger partial charge in [-0.3, -0.25) is 4.79 Å². The maximum absolute atomic E-state index is 12.4. The van der Waals surface area contributed by atoms with Crippen LogP contribution in [0.2, 0.25) is 0 Å². The Morgan fingerprint density at radius 1 is 0.914 bits per heavy atom. The van der Waals surface area contributed by atoms with Gasteiger partial charge in [-0.25, -0.2) is 9.59 Å². The molecule has 0 atom stereocenters. The second-order valence-corrected chi connectivity index (χ2v) is 10.3. The zero-order valence-corrected chi connectivity index (χ0v) is 19.4. The van der Waals surface area contributed by atoms with E-state index >= 15 is 0 Å². The second-order valence-electron chi connectivity index (χ2n) is 10.3. The first-order valence-electron chi connectivity index (χ1n) is 12.1. The lowest BCUT2D eigenvalue weighted by molar-refractivity contribution is -0.136. The van der Waals surface area contributed by atoms with E-state index in [1.54, 1.807) is 6.08 Å². The number of carboxylic acids is 2. The molecule has 2 aromatic rings. The van der Waals surface area contributed by atoms with Crippen molar-refractivity contribution in [2.45, 2.75) is 43.9 Å². The van der Waals surface area contributed by atoms with Gasteiger partial charge in [0.25, 0.3) is 0 Å². The summed E-state index contributed by atoms with van der Waals surface area (Å²) in [5.41, 5.74) is 3.80. The Balaban J connectivity index is 1.48. The predicted molar refractivity (Wildman–Crippen MR) is 130 cm³/mol. The Morgan fingerprint density at radius 2 is 1.51 bits per heavy atom. The molecule has 0 radical (unpaired) electrons. The number of ether oxygens (including phenoxy) is 1. The molecule has 2 aromatic carbocycles. The van der Waals surface area contributed by atoms with Crippen molar-refractivity contribution >= 4 is 24.1 Å². The third kappa shape index (κ3) is 4.94. The van der Waals surface area contributed by atoms with Gasteiger partial charge in [-0.05, 0) is 96.6 Å². The highest BCUT2D eigenvalue weighted by atomic mass is 16.6. The number of carboxylic acid groups (broad SMARTS) is 2. The number of hydrogen-bond acceptors (Lipinski definition) is 4. The standard InChI is InChI=1S/C28H29NO6/c30-25(31)8-3-17-1-4-21(5-2-17)22-6-7-24(35-27(34)29-16-26(32)33)23(12-22)28-13-18-9-19(14-28)11-20(10-18)15-28/h1-8,12,18-20H,9-11,13-16H2,(H,29,34)(H,30,31)(H,32,33). The molecule has 4 aliphatic rings. The number of aliphatic carboxylic acids is 2. The van der Waals surface area contributed by atoms with Gasteiger partial charge in [-0.2, -0.15) is 0 Å². The van der Waals surface area contributed by atoms with Gasteiger partial charge in [-0.15, -0.1) is 0 Å². The first-order chi connectivity index (χ1) is 16.8. The average Bonchev–Trinajstić information content (AvgIpc) is 2.81. The summed E-state index contributed by atoms with van der Waals surface area (Å²) in [6, 6.07) is 13.5. The highest BCUT2D eigenvalue weighted by Crippen LogP contribution is 2.62. The zero-order valence-electron chi connectivity index (χ0n) is 19.4. The molecule has 182 valence electrons. The summed E-state index contributed by atoms with van der Waals surface area (Å²) < 4.78 is 5.67. The lowest BCUT2D eigenvalue weighted by Gasteiger charge is -2.57. The first kappa shape index (κ1) is 23.1. The predicted octanol–water partition coefficient (Wildman–Crippen LogP) is 5.09. The maximum atomic E-state index is 12.4. The van der Waals surface area contributed by atoms with E-state index in [2.05, 4.69) is 11.4 Å². The third-order valence-corrected chi connectivity index (χ3v) is 7.84. The zero-order chi connectivity index (χ0) is 24.6. The summed E-state index contributed by atoms with van der Waals surface area (Å²) in [6.07, 6.45) is 9.05. The van der Waals surface area contributed by atoms with E-state index in [4.69, 9.17) is 14.9 Å². The van der Waals surface area contributed by atoms with Crippen molar-refractivity contribution in [3.8, 4) is 16.9 Å². The Hall–Kier alpha value is -3.61. The molecule has 4 aliphatic carbocycles. The molecule has 0 spiro atoms. The molecule has 35 heavy (non-hydrogen) atoms. The molecule has 4 saturated carbocycles. The third-order valence-electron chi connectivity index (χ3n) is 7.84. The summed E-state index contributed by atoms with van der Waals surface area (Å²) in [7, 11) is 0. The minimum absolute atomic E-state index is 0.0304. The largest absolute Gasteiger partial charge is 0.480 e. The number of amides is 1.